The van der Waals surface area contributed by atoms with Gasteiger partial charge in [-0.2, -0.15) is 5.26 Å². The number of aryl methyl sites for hydroxylation is 1. The molecule has 1 N–H and O–H groups in total. The molecule has 1 aromatic heterocycles. The van der Waals surface area contributed by atoms with Crippen LogP contribution in [0.3, 0.4) is 0 Å². The van der Waals surface area contributed by atoms with Gasteiger partial charge in [-0.15, -0.1) is 0 Å². The van der Waals surface area contributed by atoms with Crippen molar-refractivity contribution >= 4 is 5.82 Å². The molecule has 0 amide bonds. The van der Waals surface area contributed by atoms with Crippen LogP contribution in [0.1, 0.15) is 11.3 Å². The van der Waals surface area contributed by atoms with Crippen molar-refractivity contribution in [3.05, 3.63) is 23.4 Å². The first-order valence-corrected chi connectivity index (χ1v) is 5.10. The van der Waals surface area contributed by atoms with E-state index in [1.54, 1.807) is 13.0 Å². The van der Waals surface area contributed by atoms with Gasteiger partial charge in [0, 0.05) is 12.2 Å². The standard InChI is InChI=1S/C11H13F2N3O/c1-8-2-3-9(6-14)11(15-8)16(4-5-17)7-10(12)13/h2-3,10,17H,4-5,7H2,1H3. The van der Waals surface area contributed by atoms with E-state index in [-0.39, 0.29) is 24.5 Å². The normalized spacial score (nSPS) is 10.4. The molecule has 0 saturated heterocycles. The molecule has 0 aromatic carbocycles. The summed E-state index contributed by atoms with van der Waals surface area (Å²) in [5, 5.41) is 17.7. The Bertz CT molecular complexity index is 418. The number of rotatable bonds is 5. The van der Waals surface area contributed by atoms with Gasteiger partial charge in [-0.3, -0.25) is 0 Å². The van der Waals surface area contributed by atoms with Crippen molar-refractivity contribution in [1.82, 2.24) is 4.98 Å². The molecule has 6 heteroatoms. The Labute approximate surface area is 98.1 Å². The molecule has 0 spiro atoms. The molecule has 0 bridgehead atoms. The summed E-state index contributed by atoms with van der Waals surface area (Å²) in [4.78, 5) is 5.29. The molecule has 92 valence electrons. The molecule has 0 saturated carbocycles. The minimum atomic E-state index is -2.55. The Morgan fingerprint density at radius 2 is 2.24 bits per heavy atom. The van der Waals surface area contributed by atoms with E-state index in [4.69, 9.17) is 10.4 Å². The average molecular weight is 241 g/mol. The second kappa shape index (κ2) is 6.11. The van der Waals surface area contributed by atoms with Gasteiger partial charge in [0.25, 0.3) is 6.43 Å². The minimum absolute atomic E-state index is 0.0233. The van der Waals surface area contributed by atoms with E-state index in [1.165, 1.54) is 11.0 Å². The van der Waals surface area contributed by atoms with Crippen molar-refractivity contribution in [3.63, 3.8) is 0 Å². The largest absolute Gasteiger partial charge is 0.395 e. The van der Waals surface area contributed by atoms with Gasteiger partial charge in [0.15, 0.2) is 0 Å². The number of aliphatic hydroxyl groups excluding tert-OH is 1. The summed E-state index contributed by atoms with van der Waals surface area (Å²) in [6.07, 6.45) is -2.55. The summed E-state index contributed by atoms with van der Waals surface area (Å²) >= 11 is 0. The Morgan fingerprint density at radius 3 is 2.76 bits per heavy atom. The first kappa shape index (κ1) is 13.3. The fraction of sp³-hybridized carbons (Fsp3) is 0.455. The van der Waals surface area contributed by atoms with Gasteiger partial charge in [-0.05, 0) is 19.1 Å². The number of hydrogen-bond acceptors (Lipinski definition) is 4. The topological polar surface area (TPSA) is 60.2 Å². The van der Waals surface area contributed by atoms with E-state index in [2.05, 4.69) is 4.98 Å². The second-order valence-corrected chi connectivity index (χ2v) is 3.50. The Kier molecular flexibility index (Phi) is 4.79. The van der Waals surface area contributed by atoms with Crippen molar-refractivity contribution in [1.29, 1.82) is 5.26 Å². The zero-order valence-corrected chi connectivity index (χ0v) is 9.40. The third-order valence-corrected chi connectivity index (χ3v) is 2.16. The summed E-state index contributed by atoms with van der Waals surface area (Å²) in [7, 11) is 0. The van der Waals surface area contributed by atoms with Crippen LogP contribution in [-0.4, -0.2) is 36.2 Å². The van der Waals surface area contributed by atoms with Crippen LogP contribution >= 0.6 is 0 Å². The van der Waals surface area contributed by atoms with E-state index in [0.29, 0.717) is 5.69 Å². The van der Waals surface area contributed by atoms with Gasteiger partial charge < -0.3 is 10.0 Å². The molecule has 0 aliphatic rings. The van der Waals surface area contributed by atoms with E-state index in [0.717, 1.165) is 0 Å². The maximum atomic E-state index is 12.4. The zero-order chi connectivity index (χ0) is 12.8. The van der Waals surface area contributed by atoms with Crippen LogP contribution in [0.15, 0.2) is 12.1 Å². The smallest absolute Gasteiger partial charge is 0.255 e. The third-order valence-electron chi connectivity index (χ3n) is 2.16. The maximum absolute atomic E-state index is 12.4. The molecule has 1 rings (SSSR count). The van der Waals surface area contributed by atoms with Gasteiger partial charge in [0.2, 0.25) is 0 Å². The number of nitrogens with zero attached hydrogens (tertiary/aromatic N) is 3. The van der Waals surface area contributed by atoms with Crippen LogP contribution in [0.4, 0.5) is 14.6 Å². The predicted octanol–water partition coefficient (Wildman–Crippen LogP) is 1.33. The number of pyridine rings is 1. The summed E-state index contributed by atoms with van der Waals surface area (Å²) in [5.41, 5.74) is 0.862. The van der Waals surface area contributed by atoms with Crippen LogP contribution in [0.2, 0.25) is 0 Å². The number of anilines is 1. The first-order valence-electron chi connectivity index (χ1n) is 5.10. The second-order valence-electron chi connectivity index (χ2n) is 3.50. The molecule has 0 aliphatic carbocycles. The third kappa shape index (κ3) is 3.64. The Morgan fingerprint density at radius 1 is 1.53 bits per heavy atom. The van der Waals surface area contributed by atoms with E-state index in [9.17, 15) is 8.78 Å². The highest BCUT2D eigenvalue weighted by molar-refractivity contribution is 5.54. The molecule has 0 unspecified atom stereocenters. The summed E-state index contributed by atoms with van der Waals surface area (Å²) in [6, 6.07) is 5.08. The van der Waals surface area contributed by atoms with Crippen molar-refractivity contribution < 1.29 is 13.9 Å². The highest BCUT2D eigenvalue weighted by Gasteiger charge is 2.17. The fourth-order valence-electron chi connectivity index (χ4n) is 1.44. The summed E-state index contributed by atoms with van der Waals surface area (Å²) < 4.78 is 24.8. The molecule has 17 heavy (non-hydrogen) atoms. The monoisotopic (exact) mass is 241 g/mol. The molecule has 0 radical (unpaired) electrons. The van der Waals surface area contributed by atoms with Crippen molar-refractivity contribution in [2.75, 3.05) is 24.6 Å². The van der Waals surface area contributed by atoms with Gasteiger partial charge in [0.05, 0.1) is 18.7 Å². The highest BCUT2D eigenvalue weighted by atomic mass is 19.3. The quantitative estimate of drug-likeness (QED) is 0.844. The highest BCUT2D eigenvalue weighted by Crippen LogP contribution is 2.18. The van der Waals surface area contributed by atoms with E-state index >= 15 is 0 Å². The minimum Gasteiger partial charge on any atom is -0.395 e. The van der Waals surface area contributed by atoms with E-state index in [1.807, 2.05) is 6.07 Å². The predicted molar refractivity (Wildman–Crippen MR) is 59.0 cm³/mol. The van der Waals surface area contributed by atoms with Crippen LogP contribution in [0.5, 0.6) is 0 Å². The van der Waals surface area contributed by atoms with Crippen molar-refractivity contribution in [2.24, 2.45) is 0 Å². The SMILES string of the molecule is Cc1ccc(C#N)c(N(CCO)CC(F)F)n1. The van der Waals surface area contributed by atoms with Gasteiger partial charge in [-0.25, -0.2) is 13.8 Å². The molecule has 0 atom stereocenters. The summed E-state index contributed by atoms with van der Waals surface area (Å²) in [5.74, 6) is 0.196. The Hall–Kier alpha value is -1.74. The number of nitriles is 1. The molecule has 1 aromatic rings. The van der Waals surface area contributed by atoms with Gasteiger partial charge in [-0.1, -0.05) is 0 Å². The van der Waals surface area contributed by atoms with Crippen LogP contribution in [0.25, 0.3) is 0 Å². The lowest BCUT2D eigenvalue weighted by Gasteiger charge is -2.23. The first-order chi connectivity index (χ1) is 8.08. The Balaban J connectivity index is 3.07. The molecule has 0 aliphatic heterocycles. The van der Waals surface area contributed by atoms with Gasteiger partial charge in [0.1, 0.15) is 11.9 Å². The molecule has 1 heterocycles. The van der Waals surface area contributed by atoms with Crippen LogP contribution in [0, 0.1) is 18.3 Å². The molecular weight excluding hydrogens is 228 g/mol. The van der Waals surface area contributed by atoms with Gasteiger partial charge >= 0.3 is 0 Å². The van der Waals surface area contributed by atoms with Crippen LogP contribution in [-0.2, 0) is 0 Å². The molecule has 0 fully saturated rings. The maximum Gasteiger partial charge on any atom is 0.255 e. The summed E-state index contributed by atoms with van der Waals surface area (Å²) in [6.45, 7) is 0.915. The number of halogens is 2. The zero-order valence-electron chi connectivity index (χ0n) is 9.40. The number of alkyl halides is 2. The molecular formula is C11H13F2N3O. The lowest BCUT2D eigenvalue weighted by molar-refractivity contribution is 0.152. The van der Waals surface area contributed by atoms with Crippen LogP contribution < -0.4 is 4.90 Å². The lowest BCUT2D eigenvalue weighted by Crippen LogP contribution is -2.33. The van der Waals surface area contributed by atoms with Crippen molar-refractivity contribution in [2.45, 2.75) is 13.3 Å². The lowest BCUT2D eigenvalue weighted by atomic mass is 10.2. The fourth-order valence-corrected chi connectivity index (χ4v) is 1.44. The average Bonchev–Trinajstić information content (AvgIpc) is 2.28. The van der Waals surface area contributed by atoms with E-state index < -0.39 is 13.0 Å². The number of hydrogen-bond donors (Lipinski definition) is 1. The van der Waals surface area contributed by atoms with Crippen molar-refractivity contribution in [3.8, 4) is 6.07 Å². The number of aromatic nitrogens is 1. The molecule has 4 nitrogen and oxygen atoms in total. The number of aliphatic hydroxyl groups is 1.